The fraction of sp³-hybridized carbons (Fsp3) is 0.0833. The summed E-state index contributed by atoms with van der Waals surface area (Å²) in [5.74, 6) is -0.626. The van der Waals surface area contributed by atoms with Crippen LogP contribution in [0, 0.1) is 5.82 Å². The molecule has 1 heterocycles. The summed E-state index contributed by atoms with van der Waals surface area (Å²) in [4.78, 5) is 3.77. The number of nitrogens with two attached hydrogens (primary N) is 1. The highest BCUT2D eigenvalue weighted by Gasteiger charge is 2.16. The van der Waals surface area contributed by atoms with E-state index in [9.17, 15) is 12.8 Å². The number of pyridine rings is 1. The Kier molecular flexibility index (Phi) is 3.39. The summed E-state index contributed by atoms with van der Waals surface area (Å²) in [5, 5.41) is 0. The van der Waals surface area contributed by atoms with E-state index in [0.29, 0.717) is 0 Å². The lowest BCUT2D eigenvalue weighted by Gasteiger charge is -2.08. The second-order valence-corrected chi connectivity index (χ2v) is 5.85. The maximum atomic E-state index is 13.3. The smallest absolute Gasteiger partial charge is 0.238 e. The lowest BCUT2D eigenvalue weighted by Crippen LogP contribution is -2.02. The van der Waals surface area contributed by atoms with Gasteiger partial charge in [0.2, 0.25) is 5.88 Å². The van der Waals surface area contributed by atoms with Crippen molar-refractivity contribution in [2.45, 2.75) is 4.90 Å². The number of anilines is 1. The molecular weight excluding hydrogens is 271 g/mol. The Morgan fingerprint density at radius 2 is 2.05 bits per heavy atom. The first kappa shape index (κ1) is 13.3. The Bertz CT molecular complexity index is 717. The first-order valence-electron chi connectivity index (χ1n) is 5.26. The van der Waals surface area contributed by atoms with Gasteiger partial charge in [-0.3, -0.25) is 0 Å². The van der Waals surface area contributed by atoms with Crippen molar-refractivity contribution in [1.82, 2.24) is 4.98 Å². The van der Waals surface area contributed by atoms with Gasteiger partial charge in [0, 0.05) is 18.5 Å². The average Bonchev–Trinajstić information content (AvgIpc) is 2.33. The second kappa shape index (κ2) is 4.85. The minimum atomic E-state index is -3.48. The van der Waals surface area contributed by atoms with Crippen molar-refractivity contribution in [3.63, 3.8) is 0 Å². The van der Waals surface area contributed by atoms with E-state index in [1.165, 1.54) is 30.5 Å². The quantitative estimate of drug-likeness (QED) is 0.871. The lowest BCUT2D eigenvalue weighted by molar-refractivity contribution is 0.443. The van der Waals surface area contributed by atoms with Gasteiger partial charge in [-0.25, -0.2) is 17.8 Å². The molecule has 0 spiro atoms. The minimum absolute atomic E-state index is 0.0169. The molecule has 0 saturated heterocycles. The molecule has 0 fully saturated rings. The van der Waals surface area contributed by atoms with E-state index in [0.717, 1.165) is 12.3 Å². The van der Waals surface area contributed by atoms with Crippen LogP contribution in [-0.2, 0) is 9.84 Å². The van der Waals surface area contributed by atoms with E-state index in [1.807, 2.05) is 0 Å². The normalized spacial score (nSPS) is 11.3. The predicted octanol–water partition coefficient (Wildman–Crippen LogP) is 2.00. The standard InChI is InChI=1S/C12H11FN2O3S/c1-19(16,17)11-3-2-6-15-12(11)18-8-4-5-10(14)9(13)7-8/h2-7H,14H2,1H3. The maximum absolute atomic E-state index is 13.3. The van der Waals surface area contributed by atoms with Gasteiger partial charge < -0.3 is 10.5 Å². The minimum Gasteiger partial charge on any atom is -0.438 e. The average molecular weight is 282 g/mol. The third-order valence-electron chi connectivity index (χ3n) is 2.32. The summed E-state index contributed by atoms with van der Waals surface area (Å²) in [6, 6.07) is 6.67. The number of benzene rings is 1. The highest BCUT2D eigenvalue weighted by molar-refractivity contribution is 7.90. The van der Waals surface area contributed by atoms with Crippen molar-refractivity contribution in [1.29, 1.82) is 0 Å². The molecule has 2 N–H and O–H groups in total. The Hall–Kier alpha value is -2.15. The molecule has 0 unspecified atom stereocenters. The number of rotatable bonds is 3. The summed E-state index contributed by atoms with van der Waals surface area (Å²) in [6.07, 6.45) is 2.43. The topological polar surface area (TPSA) is 82.3 Å². The Balaban J connectivity index is 2.41. The molecule has 1 aromatic carbocycles. The molecule has 7 heteroatoms. The van der Waals surface area contributed by atoms with Crippen molar-refractivity contribution >= 4 is 15.5 Å². The van der Waals surface area contributed by atoms with E-state index >= 15 is 0 Å². The van der Waals surface area contributed by atoms with Crippen LogP contribution in [0.3, 0.4) is 0 Å². The molecule has 0 bridgehead atoms. The molecule has 0 aliphatic heterocycles. The summed E-state index contributed by atoms with van der Waals surface area (Å²) in [5.41, 5.74) is 5.32. The van der Waals surface area contributed by atoms with Gasteiger partial charge in [-0.2, -0.15) is 0 Å². The monoisotopic (exact) mass is 282 g/mol. The molecule has 0 amide bonds. The summed E-state index contributed by atoms with van der Waals surface area (Å²) in [7, 11) is -3.48. The molecule has 0 atom stereocenters. The van der Waals surface area contributed by atoms with Gasteiger partial charge >= 0.3 is 0 Å². The molecule has 100 valence electrons. The first-order valence-corrected chi connectivity index (χ1v) is 7.15. The summed E-state index contributed by atoms with van der Waals surface area (Å²) >= 11 is 0. The van der Waals surface area contributed by atoms with Gasteiger partial charge in [0.1, 0.15) is 16.5 Å². The SMILES string of the molecule is CS(=O)(=O)c1cccnc1Oc1ccc(N)c(F)c1. The van der Waals surface area contributed by atoms with E-state index in [4.69, 9.17) is 10.5 Å². The van der Waals surface area contributed by atoms with Crippen LogP contribution < -0.4 is 10.5 Å². The van der Waals surface area contributed by atoms with Gasteiger partial charge in [0.25, 0.3) is 0 Å². The zero-order chi connectivity index (χ0) is 14.0. The van der Waals surface area contributed by atoms with Crippen LogP contribution in [0.15, 0.2) is 41.4 Å². The van der Waals surface area contributed by atoms with E-state index in [2.05, 4.69) is 4.98 Å². The van der Waals surface area contributed by atoms with Crippen molar-refractivity contribution in [3.8, 4) is 11.6 Å². The Labute approximate surface area is 109 Å². The molecular formula is C12H11FN2O3S. The molecule has 0 saturated carbocycles. The maximum Gasteiger partial charge on any atom is 0.238 e. The van der Waals surface area contributed by atoms with Gasteiger partial charge in [0.05, 0.1) is 5.69 Å². The third-order valence-corrected chi connectivity index (χ3v) is 3.43. The lowest BCUT2D eigenvalue weighted by atomic mass is 10.3. The number of aromatic nitrogens is 1. The Morgan fingerprint density at radius 1 is 1.32 bits per heavy atom. The Morgan fingerprint density at radius 3 is 2.68 bits per heavy atom. The van der Waals surface area contributed by atoms with Gasteiger partial charge in [-0.05, 0) is 24.3 Å². The van der Waals surface area contributed by atoms with Crippen LogP contribution in [0.4, 0.5) is 10.1 Å². The van der Waals surface area contributed by atoms with Gasteiger partial charge in [-0.15, -0.1) is 0 Å². The number of sulfone groups is 1. The number of hydrogen-bond acceptors (Lipinski definition) is 5. The number of ether oxygens (including phenoxy) is 1. The van der Waals surface area contributed by atoms with Crippen molar-refractivity contribution in [2.75, 3.05) is 12.0 Å². The molecule has 2 rings (SSSR count). The highest BCUT2D eigenvalue weighted by Crippen LogP contribution is 2.27. The van der Waals surface area contributed by atoms with Crippen LogP contribution in [-0.4, -0.2) is 19.7 Å². The van der Waals surface area contributed by atoms with Crippen LogP contribution in [0.25, 0.3) is 0 Å². The third kappa shape index (κ3) is 3.00. The fourth-order valence-corrected chi connectivity index (χ4v) is 2.16. The van der Waals surface area contributed by atoms with E-state index in [1.54, 1.807) is 0 Å². The van der Waals surface area contributed by atoms with Gasteiger partial charge in [-0.1, -0.05) is 0 Å². The van der Waals surface area contributed by atoms with Gasteiger partial charge in [0.15, 0.2) is 9.84 Å². The van der Waals surface area contributed by atoms with E-state index in [-0.39, 0.29) is 22.2 Å². The zero-order valence-corrected chi connectivity index (χ0v) is 10.8. The first-order chi connectivity index (χ1) is 8.88. The van der Waals surface area contributed by atoms with Crippen LogP contribution in [0.5, 0.6) is 11.6 Å². The zero-order valence-electron chi connectivity index (χ0n) is 10.00. The van der Waals surface area contributed by atoms with Crippen molar-refractivity contribution in [3.05, 3.63) is 42.3 Å². The molecule has 0 radical (unpaired) electrons. The summed E-state index contributed by atoms with van der Waals surface area (Å²) < 4.78 is 41.7. The number of halogens is 1. The molecule has 19 heavy (non-hydrogen) atoms. The molecule has 0 aliphatic rings. The van der Waals surface area contributed by atoms with Crippen molar-refractivity contribution in [2.24, 2.45) is 0 Å². The number of nitrogen functional groups attached to an aromatic ring is 1. The van der Waals surface area contributed by atoms with Crippen molar-refractivity contribution < 1.29 is 17.5 Å². The largest absolute Gasteiger partial charge is 0.438 e. The summed E-state index contributed by atoms with van der Waals surface area (Å²) in [6.45, 7) is 0. The second-order valence-electron chi connectivity index (χ2n) is 3.86. The fourth-order valence-electron chi connectivity index (χ4n) is 1.42. The van der Waals surface area contributed by atoms with Crippen LogP contribution >= 0.6 is 0 Å². The predicted molar refractivity (Wildman–Crippen MR) is 68.2 cm³/mol. The number of nitrogens with zero attached hydrogens (tertiary/aromatic N) is 1. The molecule has 0 aliphatic carbocycles. The number of hydrogen-bond donors (Lipinski definition) is 1. The molecule has 1 aromatic heterocycles. The van der Waals surface area contributed by atoms with Crippen LogP contribution in [0.1, 0.15) is 0 Å². The molecule has 5 nitrogen and oxygen atoms in total. The highest BCUT2D eigenvalue weighted by atomic mass is 32.2. The molecule has 2 aromatic rings. The van der Waals surface area contributed by atoms with E-state index < -0.39 is 15.7 Å². The van der Waals surface area contributed by atoms with Crippen LogP contribution in [0.2, 0.25) is 0 Å².